The van der Waals surface area contributed by atoms with Gasteiger partial charge in [-0.2, -0.15) is 0 Å². The molecule has 2 heterocycles. The number of aromatic amines is 1. The van der Waals surface area contributed by atoms with Gasteiger partial charge < -0.3 is 24.3 Å². The molecule has 1 amide bonds. The molecule has 9 nitrogen and oxygen atoms in total. The second-order valence-electron chi connectivity index (χ2n) is 9.54. The van der Waals surface area contributed by atoms with Gasteiger partial charge in [-0.1, -0.05) is 18.6 Å². The Morgan fingerprint density at radius 1 is 0.946 bits per heavy atom. The quantitative estimate of drug-likeness (QED) is 0.446. The van der Waals surface area contributed by atoms with Crippen molar-refractivity contribution in [3.8, 4) is 11.5 Å². The second kappa shape index (κ2) is 11.5. The number of nitrogens with one attached hydrogen (secondary N) is 1. The number of amides is 1. The molecule has 9 heteroatoms. The fourth-order valence-electron chi connectivity index (χ4n) is 4.94. The zero-order valence-electron chi connectivity index (χ0n) is 22.1. The van der Waals surface area contributed by atoms with Crippen LogP contribution in [0.5, 0.6) is 11.5 Å². The van der Waals surface area contributed by atoms with Crippen molar-refractivity contribution < 1.29 is 14.3 Å². The summed E-state index contributed by atoms with van der Waals surface area (Å²) in [7, 11) is 3.00. The van der Waals surface area contributed by atoms with Crippen LogP contribution >= 0.6 is 0 Å². The highest BCUT2D eigenvalue weighted by atomic mass is 16.5. The predicted molar refractivity (Wildman–Crippen MR) is 145 cm³/mol. The van der Waals surface area contributed by atoms with Crippen molar-refractivity contribution in [2.24, 2.45) is 0 Å². The molecule has 0 aliphatic carbocycles. The maximum atomic E-state index is 12.9. The van der Waals surface area contributed by atoms with E-state index in [1.165, 1.54) is 35.6 Å². The third-order valence-corrected chi connectivity index (χ3v) is 7.31. The Morgan fingerprint density at radius 3 is 2.35 bits per heavy atom. The molecule has 0 radical (unpaired) electrons. The van der Waals surface area contributed by atoms with Crippen LogP contribution in [0.2, 0.25) is 0 Å². The standard InChI is InChI=1S/C28H36N4O5/c1-19-9-8-10-23(20(19)2)30-13-15-31(16-14-30)26(33)11-6-5-7-12-32-27(34)21-17-24(36-3)25(37-4)18-22(21)29-28(32)35/h8-10,17-18H,5-7,11-16H2,1-4H3,(H,29,35). The highest BCUT2D eigenvalue weighted by Gasteiger charge is 2.22. The number of aromatic nitrogens is 2. The monoisotopic (exact) mass is 508 g/mol. The molecular formula is C28H36N4O5. The first-order valence-corrected chi connectivity index (χ1v) is 12.8. The Hall–Kier alpha value is -3.75. The Kier molecular flexibility index (Phi) is 8.21. The SMILES string of the molecule is COc1cc2[nH]c(=O)n(CCCCCC(=O)N3CCN(c4cccc(C)c4C)CC3)c(=O)c2cc1OC. The van der Waals surface area contributed by atoms with Crippen LogP contribution in [0.4, 0.5) is 5.69 Å². The fraction of sp³-hybridized carbons (Fsp3) is 0.464. The first-order valence-electron chi connectivity index (χ1n) is 12.8. The maximum Gasteiger partial charge on any atom is 0.328 e. The average molecular weight is 509 g/mol. The third-order valence-electron chi connectivity index (χ3n) is 7.31. The summed E-state index contributed by atoms with van der Waals surface area (Å²) < 4.78 is 11.8. The number of methoxy groups -OCH3 is 2. The number of benzene rings is 2. The molecule has 0 saturated carbocycles. The van der Waals surface area contributed by atoms with E-state index in [0.29, 0.717) is 41.8 Å². The summed E-state index contributed by atoms with van der Waals surface area (Å²) in [6, 6.07) is 9.54. The highest BCUT2D eigenvalue weighted by Crippen LogP contribution is 2.29. The van der Waals surface area contributed by atoms with Crippen molar-refractivity contribution in [3.05, 3.63) is 62.3 Å². The Balaban J connectivity index is 1.27. The number of anilines is 1. The van der Waals surface area contributed by atoms with Crippen LogP contribution in [0, 0.1) is 13.8 Å². The van der Waals surface area contributed by atoms with Gasteiger partial charge in [-0.25, -0.2) is 4.79 Å². The summed E-state index contributed by atoms with van der Waals surface area (Å²) >= 11 is 0. The fourth-order valence-corrected chi connectivity index (χ4v) is 4.94. The van der Waals surface area contributed by atoms with Crippen LogP contribution in [0.1, 0.15) is 36.8 Å². The number of carbonyl (C=O) groups is 1. The van der Waals surface area contributed by atoms with E-state index >= 15 is 0 Å². The van der Waals surface area contributed by atoms with Gasteiger partial charge in [0.2, 0.25) is 5.91 Å². The normalized spacial score (nSPS) is 13.7. The van der Waals surface area contributed by atoms with Crippen molar-refractivity contribution in [1.82, 2.24) is 14.5 Å². The van der Waals surface area contributed by atoms with Gasteiger partial charge in [-0.15, -0.1) is 0 Å². The lowest BCUT2D eigenvalue weighted by Crippen LogP contribution is -2.49. The molecule has 0 unspecified atom stereocenters. The minimum atomic E-state index is -0.456. The molecule has 2 aromatic carbocycles. The van der Waals surface area contributed by atoms with Crippen molar-refractivity contribution in [1.29, 1.82) is 0 Å². The van der Waals surface area contributed by atoms with E-state index < -0.39 is 5.69 Å². The minimum Gasteiger partial charge on any atom is -0.493 e. The summed E-state index contributed by atoms with van der Waals surface area (Å²) in [5.74, 6) is 1.04. The van der Waals surface area contributed by atoms with E-state index in [2.05, 4.69) is 41.9 Å². The Bertz CT molecular complexity index is 1390. The van der Waals surface area contributed by atoms with Crippen LogP contribution in [0.25, 0.3) is 10.9 Å². The van der Waals surface area contributed by atoms with Crippen LogP contribution in [0.3, 0.4) is 0 Å². The third kappa shape index (κ3) is 5.65. The van der Waals surface area contributed by atoms with Crippen molar-refractivity contribution in [2.45, 2.75) is 46.1 Å². The smallest absolute Gasteiger partial charge is 0.328 e. The van der Waals surface area contributed by atoms with Crippen LogP contribution in [-0.2, 0) is 11.3 Å². The number of carbonyl (C=O) groups excluding carboxylic acids is 1. The molecule has 37 heavy (non-hydrogen) atoms. The van der Waals surface area contributed by atoms with Crippen molar-refractivity contribution in [3.63, 3.8) is 0 Å². The highest BCUT2D eigenvalue weighted by molar-refractivity contribution is 5.81. The predicted octanol–water partition coefficient (Wildman–Crippen LogP) is 3.23. The molecule has 1 saturated heterocycles. The molecule has 0 atom stereocenters. The lowest BCUT2D eigenvalue weighted by Gasteiger charge is -2.37. The minimum absolute atomic E-state index is 0.169. The second-order valence-corrected chi connectivity index (χ2v) is 9.54. The number of H-pyrrole nitrogens is 1. The number of nitrogens with zero attached hydrogens (tertiary/aromatic N) is 3. The topological polar surface area (TPSA) is 96.9 Å². The first-order chi connectivity index (χ1) is 17.8. The molecule has 3 aromatic rings. The zero-order chi connectivity index (χ0) is 26.5. The summed E-state index contributed by atoms with van der Waals surface area (Å²) in [6.45, 7) is 7.68. The zero-order valence-corrected chi connectivity index (χ0v) is 22.1. The summed E-state index contributed by atoms with van der Waals surface area (Å²) in [4.78, 5) is 45.3. The molecule has 1 aromatic heterocycles. The van der Waals surface area contributed by atoms with Gasteiger partial charge in [0.1, 0.15) is 0 Å². The number of rotatable bonds is 9. The number of unbranched alkanes of at least 4 members (excludes halogenated alkanes) is 2. The number of fused-ring (bicyclic) bond motifs is 1. The van der Waals surface area contributed by atoms with E-state index in [-0.39, 0.29) is 11.5 Å². The molecule has 198 valence electrons. The van der Waals surface area contributed by atoms with Crippen LogP contribution in [-0.4, -0.2) is 60.8 Å². The van der Waals surface area contributed by atoms with E-state index in [1.54, 1.807) is 12.1 Å². The van der Waals surface area contributed by atoms with Gasteiger partial charge in [0.15, 0.2) is 11.5 Å². The van der Waals surface area contributed by atoms with Gasteiger partial charge in [0.25, 0.3) is 5.56 Å². The number of aryl methyl sites for hydroxylation is 1. The van der Waals surface area contributed by atoms with Crippen LogP contribution in [0.15, 0.2) is 39.9 Å². The number of piperazine rings is 1. The number of hydrogen-bond donors (Lipinski definition) is 1. The lowest BCUT2D eigenvalue weighted by molar-refractivity contribution is -0.131. The molecular weight excluding hydrogens is 472 g/mol. The van der Waals surface area contributed by atoms with E-state index in [9.17, 15) is 14.4 Å². The molecule has 1 aliphatic heterocycles. The Morgan fingerprint density at radius 2 is 1.65 bits per heavy atom. The molecule has 0 spiro atoms. The van der Waals surface area contributed by atoms with Gasteiger partial charge in [-0.05, 0) is 49.9 Å². The summed E-state index contributed by atoms with van der Waals surface area (Å²) in [5, 5.41) is 0.368. The van der Waals surface area contributed by atoms with Crippen LogP contribution < -0.4 is 25.6 Å². The van der Waals surface area contributed by atoms with Gasteiger partial charge in [0.05, 0.1) is 25.1 Å². The average Bonchev–Trinajstić information content (AvgIpc) is 2.91. The molecule has 0 bridgehead atoms. The van der Waals surface area contributed by atoms with Gasteiger partial charge >= 0.3 is 5.69 Å². The summed E-state index contributed by atoms with van der Waals surface area (Å²) in [5.41, 5.74) is 3.42. The summed E-state index contributed by atoms with van der Waals surface area (Å²) in [6.07, 6.45) is 2.59. The van der Waals surface area contributed by atoms with Crippen molar-refractivity contribution in [2.75, 3.05) is 45.3 Å². The molecule has 1 fully saturated rings. The molecule has 1 aliphatic rings. The van der Waals surface area contributed by atoms with Gasteiger partial charge in [-0.3, -0.25) is 14.2 Å². The Labute approximate surface area is 216 Å². The number of ether oxygens (including phenoxy) is 2. The lowest BCUT2D eigenvalue weighted by atomic mass is 10.1. The number of hydrogen-bond acceptors (Lipinski definition) is 6. The molecule has 1 N–H and O–H groups in total. The van der Waals surface area contributed by atoms with E-state index in [0.717, 1.165) is 39.0 Å². The van der Waals surface area contributed by atoms with E-state index in [4.69, 9.17) is 9.47 Å². The largest absolute Gasteiger partial charge is 0.493 e. The first kappa shape index (κ1) is 26.3. The van der Waals surface area contributed by atoms with Gasteiger partial charge in [0, 0.05) is 50.9 Å². The maximum absolute atomic E-state index is 12.9. The molecule has 4 rings (SSSR count). The van der Waals surface area contributed by atoms with Crippen molar-refractivity contribution >= 4 is 22.5 Å². The van der Waals surface area contributed by atoms with E-state index in [1.807, 2.05) is 4.90 Å².